The lowest BCUT2D eigenvalue weighted by Gasteiger charge is -2.18. The molecule has 0 radical (unpaired) electrons. The number of allylic oxidation sites excluding steroid dienone is 1. The first kappa shape index (κ1) is 25.6. The first-order chi connectivity index (χ1) is 12.8. The zero-order valence-electron chi connectivity index (χ0n) is 17.7. The molecule has 0 aliphatic rings. The van der Waals surface area contributed by atoms with Crippen molar-refractivity contribution in [2.45, 2.75) is 116 Å². The third kappa shape index (κ3) is 19.9. The van der Waals surface area contributed by atoms with E-state index in [9.17, 15) is 0 Å². The van der Waals surface area contributed by atoms with E-state index >= 15 is 0 Å². The highest BCUT2D eigenvalue weighted by atomic mass is 16.7. The van der Waals surface area contributed by atoms with Crippen molar-refractivity contribution in [1.29, 1.82) is 0 Å². The Morgan fingerprint density at radius 2 is 1.19 bits per heavy atom. The van der Waals surface area contributed by atoms with Crippen LogP contribution in [0.3, 0.4) is 0 Å². The van der Waals surface area contributed by atoms with Crippen LogP contribution in [0.15, 0.2) is 12.2 Å². The number of rotatable bonds is 21. The van der Waals surface area contributed by atoms with Crippen molar-refractivity contribution in [3.05, 3.63) is 12.2 Å². The van der Waals surface area contributed by atoms with Gasteiger partial charge in [-0.25, -0.2) is 0 Å². The molecule has 0 atom stereocenters. The van der Waals surface area contributed by atoms with Gasteiger partial charge in [-0.05, 0) is 44.9 Å². The molecule has 0 saturated heterocycles. The second-order valence-corrected chi connectivity index (χ2v) is 7.27. The van der Waals surface area contributed by atoms with Gasteiger partial charge in [0.1, 0.15) is 0 Å². The third-order valence-electron chi connectivity index (χ3n) is 4.63. The fourth-order valence-corrected chi connectivity index (χ4v) is 2.94. The average molecular weight is 371 g/mol. The molecule has 156 valence electrons. The molecule has 3 heteroatoms. The van der Waals surface area contributed by atoms with Gasteiger partial charge < -0.3 is 14.6 Å². The van der Waals surface area contributed by atoms with E-state index in [2.05, 4.69) is 26.0 Å². The summed E-state index contributed by atoms with van der Waals surface area (Å²) in [5.41, 5.74) is 0. The Morgan fingerprint density at radius 3 is 1.77 bits per heavy atom. The van der Waals surface area contributed by atoms with Gasteiger partial charge in [-0.3, -0.25) is 0 Å². The summed E-state index contributed by atoms with van der Waals surface area (Å²) in [5, 5.41) is 8.70. The van der Waals surface area contributed by atoms with Crippen LogP contribution in [0.4, 0.5) is 0 Å². The van der Waals surface area contributed by atoms with Crippen LogP contribution in [0.1, 0.15) is 110 Å². The number of aliphatic hydroxyl groups is 1. The van der Waals surface area contributed by atoms with Gasteiger partial charge in [0.25, 0.3) is 0 Å². The summed E-state index contributed by atoms with van der Waals surface area (Å²) in [6.45, 7) is 6.41. The van der Waals surface area contributed by atoms with Gasteiger partial charge >= 0.3 is 0 Å². The van der Waals surface area contributed by atoms with Crippen molar-refractivity contribution in [2.24, 2.45) is 0 Å². The Balaban J connectivity index is 3.62. The van der Waals surface area contributed by atoms with Gasteiger partial charge in [-0.15, -0.1) is 0 Å². The van der Waals surface area contributed by atoms with Crippen LogP contribution < -0.4 is 0 Å². The summed E-state index contributed by atoms with van der Waals surface area (Å²) in [6.07, 6.45) is 22.3. The van der Waals surface area contributed by atoms with Crippen LogP contribution in [-0.2, 0) is 9.47 Å². The zero-order chi connectivity index (χ0) is 19.1. The molecule has 0 amide bonds. The maximum absolute atomic E-state index is 8.70. The molecule has 0 heterocycles. The summed E-state index contributed by atoms with van der Waals surface area (Å²) >= 11 is 0. The second kappa shape index (κ2) is 22.7. The van der Waals surface area contributed by atoms with Crippen LogP contribution in [0.25, 0.3) is 0 Å². The predicted molar refractivity (Wildman–Crippen MR) is 113 cm³/mol. The van der Waals surface area contributed by atoms with E-state index in [1.807, 2.05) is 0 Å². The number of ether oxygens (including phenoxy) is 2. The molecule has 0 aliphatic carbocycles. The molecular weight excluding hydrogens is 324 g/mol. The predicted octanol–water partition coefficient (Wildman–Crippen LogP) is 6.79. The van der Waals surface area contributed by atoms with Crippen molar-refractivity contribution in [1.82, 2.24) is 0 Å². The van der Waals surface area contributed by atoms with Crippen molar-refractivity contribution in [2.75, 3.05) is 19.8 Å². The van der Waals surface area contributed by atoms with Gasteiger partial charge in [-0.1, -0.05) is 77.4 Å². The first-order valence-corrected chi connectivity index (χ1v) is 11.3. The molecule has 0 aromatic rings. The van der Waals surface area contributed by atoms with E-state index in [-0.39, 0.29) is 12.9 Å². The Hall–Kier alpha value is -0.380. The monoisotopic (exact) mass is 370 g/mol. The smallest absolute Gasteiger partial charge is 0.157 e. The summed E-state index contributed by atoms with van der Waals surface area (Å²) in [6, 6.07) is 0. The fourth-order valence-electron chi connectivity index (χ4n) is 2.94. The summed E-state index contributed by atoms with van der Waals surface area (Å²) in [7, 11) is 0. The summed E-state index contributed by atoms with van der Waals surface area (Å²) in [5.74, 6) is 0. The van der Waals surface area contributed by atoms with Crippen LogP contribution in [0.5, 0.6) is 0 Å². The molecule has 26 heavy (non-hydrogen) atoms. The third-order valence-corrected chi connectivity index (χ3v) is 4.63. The van der Waals surface area contributed by atoms with E-state index in [0.717, 1.165) is 45.3 Å². The topological polar surface area (TPSA) is 38.7 Å². The molecular formula is C23H46O3. The fraction of sp³-hybridized carbons (Fsp3) is 0.913. The van der Waals surface area contributed by atoms with Crippen molar-refractivity contribution in [3.8, 4) is 0 Å². The highest BCUT2D eigenvalue weighted by Gasteiger charge is 2.09. The molecule has 0 aliphatic heterocycles. The van der Waals surface area contributed by atoms with E-state index in [4.69, 9.17) is 14.6 Å². The maximum atomic E-state index is 8.70. The molecule has 0 aromatic heterocycles. The van der Waals surface area contributed by atoms with Crippen LogP contribution in [-0.4, -0.2) is 31.2 Å². The Labute approximate surface area is 163 Å². The van der Waals surface area contributed by atoms with E-state index in [1.165, 1.54) is 64.2 Å². The van der Waals surface area contributed by atoms with Gasteiger partial charge in [0.2, 0.25) is 0 Å². The number of unbranched alkanes of at least 4 members (excludes halogenated alkanes) is 10. The lowest BCUT2D eigenvalue weighted by molar-refractivity contribution is -0.148. The van der Waals surface area contributed by atoms with Gasteiger partial charge in [0.15, 0.2) is 6.29 Å². The minimum Gasteiger partial charge on any atom is -0.396 e. The molecule has 3 nitrogen and oxygen atoms in total. The highest BCUT2D eigenvalue weighted by molar-refractivity contribution is 4.80. The SMILES string of the molecule is CCCCCOC(CCCCCCCC/C=C/CCO)OCCCCC. The molecule has 0 spiro atoms. The molecule has 0 bridgehead atoms. The highest BCUT2D eigenvalue weighted by Crippen LogP contribution is 2.13. The maximum Gasteiger partial charge on any atom is 0.157 e. The Bertz CT molecular complexity index is 267. The van der Waals surface area contributed by atoms with Gasteiger partial charge in [-0.2, -0.15) is 0 Å². The Kier molecular flexibility index (Phi) is 22.3. The second-order valence-electron chi connectivity index (χ2n) is 7.27. The van der Waals surface area contributed by atoms with Gasteiger partial charge in [0, 0.05) is 19.8 Å². The van der Waals surface area contributed by atoms with E-state index < -0.39 is 0 Å². The first-order valence-electron chi connectivity index (χ1n) is 11.3. The largest absolute Gasteiger partial charge is 0.396 e. The Morgan fingerprint density at radius 1 is 0.654 bits per heavy atom. The molecule has 0 rings (SSSR count). The lowest BCUT2D eigenvalue weighted by atomic mass is 10.1. The van der Waals surface area contributed by atoms with Gasteiger partial charge in [0.05, 0.1) is 0 Å². The van der Waals surface area contributed by atoms with Crippen molar-refractivity contribution < 1.29 is 14.6 Å². The van der Waals surface area contributed by atoms with Crippen LogP contribution >= 0.6 is 0 Å². The van der Waals surface area contributed by atoms with Crippen molar-refractivity contribution in [3.63, 3.8) is 0 Å². The minimum atomic E-state index is 0.0142. The molecule has 0 saturated carbocycles. The minimum absolute atomic E-state index is 0.0142. The van der Waals surface area contributed by atoms with E-state index in [0.29, 0.717) is 0 Å². The average Bonchev–Trinajstić information content (AvgIpc) is 2.66. The quantitative estimate of drug-likeness (QED) is 0.137. The number of hydrogen-bond donors (Lipinski definition) is 1. The normalized spacial score (nSPS) is 11.8. The molecule has 0 unspecified atom stereocenters. The number of aliphatic hydroxyl groups excluding tert-OH is 1. The lowest BCUT2D eigenvalue weighted by Crippen LogP contribution is -2.19. The van der Waals surface area contributed by atoms with Crippen LogP contribution in [0, 0.1) is 0 Å². The standard InChI is InChI=1S/C23H46O3/c1-3-5-17-21-25-23(26-22-18-6-4-2)19-15-13-11-9-7-8-10-12-14-16-20-24/h12,14,23-24H,3-11,13,15-22H2,1-2H3/b14-12+. The molecule has 0 aromatic carbocycles. The number of hydrogen-bond acceptors (Lipinski definition) is 3. The van der Waals surface area contributed by atoms with E-state index in [1.54, 1.807) is 0 Å². The summed E-state index contributed by atoms with van der Waals surface area (Å²) < 4.78 is 11.9. The van der Waals surface area contributed by atoms with Crippen LogP contribution in [0.2, 0.25) is 0 Å². The molecule has 0 fully saturated rings. The zero-order valence-corrected chi connectivity index (χ0v) is 17.7. The summed E-state index contributed by atoms with van der Waals surface area (Å²) in [4.78, 5) is 0. The molecule has 1 N–H and O–H groups in total. The van der Waals surface area contributed by atoms with Crippen molar-refractivity contribution >= 4 is 0 Å².